The first-order valence-corrected chi connectivity index (χ1v) is 13.9. The molecule has 10 heteroatoms. The molecule has 1 aliphatic carbocycles. The highest BCUT2D eigenvalue weighted by Gasteiger charge is 2.50. The molecule has 3 atom stereocenters. The Morgan fingerprint density at radius 1 is 1.14 bits per heavy atom. The average Bonchev–Trinajstić information content (AvgIpc) is 3.73. The van der Waals surface area contributed by atoms with E-state index in [-0.39, 0.29) is 29.1 Å². The number of nitriles is 1. The van der Waals surface area contributed by atoms with Crippen LogP contribution in [0.3, 0.4) is 0 Å². The highest BCUT2D eigenvalue weighted by Crippen LogP contribution is 2.44. The quantitative estimate of drug-likeness (QED) is 0.272. The lowest BCUT2D eigenvalue weighted by Crippen LogP contribution is -2.41. The van der Waals surface area contributed by atoms with Crippen LogP contribution in [0.25, 0.3) is 0 Å². The number of aromatic nitrogens is 1. The number of amides is 1. The van der Waals surface area contributed by atoms with Gasteiger partial charge in [-0.2, -0.15) is 18.4 Å². The summed E-state index contributed by atoms with van der Waals surface area (Å²) in [7, 11) is 0. The Kier molecular flexibility index (Phi) is 8.06. The molecule has 1 fully saturated rings. The minimum Gasteiger partial charge on any atom is -0.380 e. The van der Waals surface area contributed by atoms with Crippen molar-refractivity contribution in [3.05, 3.63) is 101 Å². The summed E-state index contributed by atoms with van der Waals surface area (Å²) in [5.41, 5.74) is -0.801. The molecular weight excluding hydrogens is 548 g/mol. The van der Waals surface area contributed by atoms with E-state index in [1.165, 1.54) is 47.5 Å². The number of hydrogen-bond acceptors (Lipinski definition) is 5. The van der Waals surface area contributed by atoms with E-state index in [4.69, 9.17) is 0 Å². The van der Waals surface area contributed by atoms with Crippen molar-refractivity contribution in [1.82, 2.24) is 4.98 Å². The number of aliphatic hydroxyl groups is 1. The number of alkyl halides is 3. The number of hydrogen-bond donors (Lipinski definition) is 2. The summed E-state index contributed by atoms with van der Waals surface area (Å²) in [6.45, 7) is 1.59. The molecule has 5 rings (SSSR count). The van der Waals surface area contributed by atoms with Gasteiger partial charge in [-0.05, 0) is 73.2 Å². The van der Waals surface area contributed by atoms with Crippen molar-refractivity contribution in [3.63, 3.8) is 0 Å². The Labute approximate surface area is 241 Å². The van der Waals surface area contributed by atoms with Crippen molar-refractivity contribution < 1.29 is 27.5 Å². The van der Waals surface area contributed by atoms with Crippen LogP contribution in [0.15, 0.2) is 78.8 Å². The van der Waals surface area contributed by atoms with Crippen LogP contribution >= 0.6 is 0 Å². The number of pyridine rings is 1. The van der Waals surface area contributed by atoms with Crippen LogP contribution in [0, 0.1) is 29.0 Å². The van der Waals surface area contributed by atoms with Crippen molar-refractivity contribution in [2.24, 2.45) is 11.8 Å². The lowest BCUT2D eigenvalue weighted by Gasteiger charge is -2.32. The fourth-order valence-electron chi connectivity index (χ4n) is 5.64. The van der Waals surface area contributed by atoms with Gasteiger partial charge >= 0.3 is 6.18 Å². The molecule has 1 aliphatic heterocycles. The number of nitrogens with zero attached hydrogens (tertiary/aromatic N) is 3. The highest BCUT2D eigenvalue weighted by atomic mass is 19.4. The molecule has 2 heterocycles. The Morgan fingerprint density at radius 3 is 2.57 bits per heavy atom. The molecule has 0 radical (unpaired) electrons. The Balaban J connectivity index is 1.51. The maximum Gasteiger partial charge on any atom is 0.397 e. The Morgan fingerprint density at radius 2 is 1.93 bits per heavy atom. The van der Waals surface area contributed by atoms with E-state index >= 15 is 4.39 Å². The Bertz CT molecular complexity index is 1530. The normalized spacial score (nSPS) is 20.0. The number of carbonyl (C=O) groups excluding carboxylic acids is 1. The lowest BCUT2D eigenvalue weighted by atomic mass is 9.82. The van der Waals surface area contributed by atoms with E-state index in [1.807, 2.05) is 6.07 Å². The van der Waals surface area contributed by atoms with Gasteiger partial charge in [-0.25, -0.2) is 4.39 Å². The Hall–Kier alpha value is -4.23. The van der Waals surface area contributed by atoms with E-state index in [0.717, 1.165) is 31.4 Å². The molecule has 3 unspecified atom stereocenters. The number of carbonyl (C=O) groups is 1. The average molecular weight is 579 g/mol. The predicted molar refractivity (Wildman–Crippen MR) is 150 cm³/mol. The fourth-order valence-corrected chi connectivity index (χ4v) is 5.64. The number of halogens is 4. The number of anilines is 2. The SMILES string of the molecule is CCC1C(C(F)(F)F)C=C(C(=O)Nc2cc(C(O)(CCC3CC3)c3cccnc3)ccc2F)N1c1cccc(C#N)c1. The molecular formula is C32H30F4N4O2. The van der Waals surface area contributed by atoms with Crippen LogP contribution in [0.4, 0.5) is 28.9 Å². The van der Waals surface area contributed by atoms with Crippen LogP contribution < -0.4 is 10.2 Å². The molecule has 6 nitrogen and oxygen atoms in total. The largest absolute Gasteiger partial charge is 0.397 e. The molecule has 3 aromatic rings. The summed E-state index contributed by atoms with van der Waals surface area (Å²) in [5, 5.41) is 23.7. The molecule has 0 saturated heterocycles. The summed E-state index contributed by atoms with van der Waals surface area (Å²) in [6.07, 6.45) is 2.62. The van der Waals surface area contributed by atoms with Crippen LogP contribution in [0.2, 0.25) is 0 Å². The van der Waals surface area contributed by atoms with Crippen LogP contribution in [-0.4, -0.2) is 28.2 Å². The summed E-state index contributed by atoms with van der Waals surface area (Å²) >= 11 is 0. The third-order valence-corrected chi connectivity index (χ3v) is 8.07. The van der Waals surface area contributed by atoms with Crippen molar-refractivity contribution in [3.8, 4) is 6.07 Å². The first-order chi connectivity index (χ1) is 20.0. The van der Waals surface area contributed by atoms with E-state index in [1.54, 1.807) is 25.3 Å². The van der Waals surface area contributed by atoms with Gasteiger partial charge in [0.1, 0.15) is 17.1 Å². The van der Waals surface area contributed by atoms with Crippen molar-refractivity contribution in [2.45, 2.75) is 56.8 Å². The molecule has 42 heavy (non-hydrogen) atoms. The van der Waals surface area contributed by atoms with Gasteiger partial charge in [-0.3, -0.25) is 9.78 Å². The molecule has 2 aliphatic rings. The number of nitrogens with one attached hydrogen (secondary N) is 1. The van der Waals surface area contributed by atoms with E-state index in [0.29, 0.717) is 23.5 Å². The van der Waals surface area contributed by atoms with Crippen molar-refractivity contribution in [1.29, 1.82) is 5.26 Å². The summed E-state index contributed by atoms with van der Waals surface area (Å²) < 4.78 is 57.4. The molecule has 1 saturated carbocycles. The van der Waals surface area contributed by atoms with Crippen LogP contribution in [-0.2, 0) is 10.4 Å². The monoisotopic (exact) mass is 578 g/mol. The molecule has 2 N–H and O–H groups in total. The maximum atomic E-state index is 15.1. The standard InChI is InChI=1S/C32H30F4N4O2/c1-2-28-25(32(34,35)36)17-29(40(28)24-7-3-5-21(15-24)18-37)30(41)39-27-16-22(10-11-26(27)33)31(42,13-12-20-8-9-20)23-6-4-14-38-19-23/h3-7,10-11,14-17,19-20,25,28,42H,2,8-9,12-13H2,1H3,(H,39,41). The van der Waals surface area contributed by atoms with Gasteiger partial charge in [-0.1, -0.05) is 38.0 Å². The molecule has 2 aromatic carbocycles. The van der Waals surface area contributed by atoms with Crippen LogP contribution in [0.1, 0.15) is 55.7 Å². The topological polar surface area (TPSA) is 89.2 Å². The van der Waals surface area contributed by atoms with Gasteiger partial charge in [0.2, 0.25) is 0 Å². The summed E-state index contributed by atoms with van der Waals surface area (Å²) in [5.74, 6) is -3.20. The summed E-state index contributed by atoms with van der Waals surface area (Å²) in [4.78, 5) is 19.0. The van der Waals surface area contributed by atoms with Crippen molar-refractivity contribution in [2.75, 3.05) is 10.2 Å². The van der Waals surface area contributed by atoms with Gasteiger partial charge < -0.3 is 15.3 Å². The lowest BCUT2D eigenvalue weighted by molar-refractivity contribution is -0.164. The molecule has 218 valence electrons. The minimum atomic E-state index is -4.64. The third kappa shape index (κ3) is 5.88. The smallest absolute Gasteiger partial charge is 0.380 e. The van der Waals surface area contributed by atoms with E-state index in [9.17, 15) is 28.3 Å². The predicted octanol–water partition coefficient (Wildman–Crippen LogP) is 6.82. The molecule has 1 amide bonds. The van der Waals surface area contributed by atoms with Gasteiger partial charge in [0.05, 0.1) is 23.2 Å². The number of benzene rings is 2. The zero-order valence-electron chi connectivity index (χ0n) is 22.9. The van der Waals surface area contributed by atoms with Crippen molar-refractivity contribution >= 4 is 17.3 Å². The van der Waals surface area contributed by atoms with Gasteiger partial charge in [0, 0.05) is 29.7 Å². The molecule has 1 aromatic heterocycles. The second-order valence-corrected chi connectivity index (χ2v) is 10.9. The van der Waals surface area contributed by atoms with Crippen LogP contribution in [0.5, 0.6) is 0 Å². The van der Waals surface area contributed by atoms with Gasteiger partial charge in [0.25, 0.3) is 5.91 Å². The first-order valence-electron chi connectivity index (χ1n) is 13.9. The molecule has 0 spiro atoms. The maximum absolute atomic E-state index is 15.1. The zero-order valence-corrected chi connectivity index (χ0v) is 22.9. The minimum absolute atomic E-state index is 0.0528. The summed E-state index contributed by atoms with van der Waals surface area (Å²) in [6, 6.07) is 14.1. The first kappa shape index (κ1) is 29.3. The fraction of sp³-hybridized carbons (Fsp3) is 0.344. The zero-order chi connectivity index (χ0) is 30.1. The second kappa shape index (κ2) is 11.6. The highest BCUT2D eigenvalue weighted by molar-refractivity contribution is 6.07. The third-order valence-electron chi connectivity index (χ3n) is 8.07. The van der Waals surface area contributed by atoms with E-state index in [2.05, 4.69) is 10.3 Å². The molecule has 0 bridgehead atoms. The number of rotatable bonds is 9. The van der Waals surface area contributed by atoms with Gasteiger partial charge in [-0.15, -0.1) is 0 Å². The second-order valence-electron chi connectivity index (χ2n) is 10.9. The van der Waals surface area contributed by atoms with Gasteiger partial charge in [0.15, 0.2) is 0 Å². The van der Waals surface area contributed by atoms with E-state index < -0.39 is 35.5 Å².